The Morgan fingerprint density at radius 2 is 1.55 bits per heavy atom. The van der Waals surface area contributed by atoms with Crippen LogP contribution in [-0.2, 0) is 0 Å². The molecule has 1 amide bonds. The van der Waals surface area contributed by atoms with Crippen LogP contribution in [0.3, 0.4) is 0 Å². The van der Waals surface area contributed by atoms with Crippen LogP contribution in [0.15, 0.2) is 54.6 Å². The fourth-order valence-corrected chi connectivity index (χ4v) is 2.22. The Labute approximate surface area is 135 Å². The summed E-state index contributed by atoms with van der Waals surface area (Å²) in [5.41, 5.74) is 0.0985. The third kappa shape index (κ3) is 4.00. The highest BCUT2D eigenvalue weighted by atomic mass is 35.5. The number of rotatable bonds is 4. The molecule has 2 aromatic rings. The van der Waals surface area contributed by atoms with E-state index in [0.717, 1.165) is 5.75 Å². The van der Waals surface area contributed by atoms with Crippen LogP contribution in [0.5, 0.6) is 11.5 Å². The van der Waals surface area contributed by atoms with Gasteiger partial charge in [-0.3, -0.25) is 9.80 Å². The van der Waals surface area contributed by atoms with Crippen molar-refractivity contribution in [2.24, 2.45) is 0 Å². The SMILES string of the molecule is CC(C)(C)N(NCl)C(=O)c1ccc(Oc2ccccc2)cc1. The van der Waals surface area contributed by atoms with E-state index in [1.165, 1.54) is 5.01 Å². The molecular weight excluding hydrogens is 300 g/mol. The van der Waals surface area contributed by atoms with Gasteiger partial charge < -0.3 is 4.74 Å². The molecule has 1 N–H and O–H groups in total. The number of hydrazine groups is 1. The van der Waals surface area contributed by atoms with E-state index in [2.05, 4.69) is 4.94 Å². The number of carbonyl (C=O) groups is 1. The summed E-state index contributed by atoms with van der Waals surface area (Å²) in [6.07, 6.45) is 0. The van der Waals surface area contributed by atoms with Crippen LogP contribution in [0.1, 0.15) is 31.1 Å². The second kappa shape index (κ2) is 6.81. The second-order valence-electron chi connectivity index (χ2n) is 5.84. The molecule has 0 spiro atoms. The van der Waals surface area contributed by atoms with Gasteiger partial charge in [0.15, 0.2) is 0 Å². The molecule has 0 radical (unpaired) electrons. The molecule has 5 heteroatoms. The number of amides is 1. The molecule has 0 unspecified atom stereocenters. The number of nitrogens with zero attached hydrogens (tertiary/aromatic N) is 1. The number of benzene rings is 2. The van der Waals surface area contributed by atoms with Gasteiger partial charge in [-0.15, -0.1) is 4.94 Å². The standard InChI is InChI=1S/C17H19ClN2O2/c1-17(2,3)20(19-18)16(21)13-9-11-15(12-10-13)22-14-7-5-4-6-8-14/h4-12,19H,1-3H3. The molecule has 0 heterocycles. The zero-order valence-electron chi connectivity index (χ0n) is 12.8. The molecule has 2 aromatic carbocycles. The van der Waals surface area contributed by atoms with Gasteiger partial charge in [-0.1, -0.05) is 18.2 Å². The molecule has 0 saturated carbocycles. The molecule has 0 saturated heterocycles. The molecule has 0 aromatic heterocycles. The zero-order valence-corrected chi connectivity index (χ0v) is 13.6. The number of para-hydroxylation sites is 1. The summed E-state index contributed by atoms with van der Waals surface area (Å²) in [5, 5.41) is 1.38. The lowest BCUT2D eigenvalue weighted by atomic mass is 10.1. The number of carbonyl (C=O) groups excluding carboxylic acids is 1. The van der Waals surface area contributed by atoms with Crippen LogP contribution in [-0.4, -0.2) is 16.5 Å². The lowest BCUT2D eigenvalue weighted by Crippen LogP contribution is -2.50. The first-order valence-electron chi connectivity index (χ1n) is 6.95. The van der Waals surface area contributed by atoms with Gasteiger partial charge in [-0.05, 0) is 68.9 Å². The predicted molar refractivity (Wildman–Crippen MR) is 87.9 cm³/mol. The van der Waals surface area contributed by atoms with Crippen molar-refractivity contribution in [2.45, 2.75) is 26.3 Å². The summed E-state index contributed by atoms with van der Waals surface area (Å²) in [6, 6.07) is 16.4. The Hall–Kier alpha value is -2.04. The number of halogens is 1. The van der Waals surface area contributed by atoms with Crippen LogP contribution in [0.4, 0.5) is 0 Å². The van der Waals surface area contributed by atoms with E-state index in [9.17, 15) is 4.79 Å². The molecule has 0 aliphatic rings. The Kier molecular flexibility index (Phi) is 5.06. The Morgan fingerprint density at radius 1 is 1.00 bits per heavy atom. The van der Waals surface area contributed by atoms with Crippen LogP contribution >= 0.6 is 11.8 Å². The molecule has 0 atom stereocenters. The number of hydrogen-bond donors (Lipinski definition) is 1. The molecule has 0 fully saturated rings. The van der Waals surface area contributed by atoms with Crippen LogP contribution in [0.25, 0.3) is 0 Å². The van der Waals surface area contributed by atoms with Crippen molar-refractivity contribution in [3.63, 3.8) is 0 Å². The van der Waals surface area contributed by atoms with Crippen molar-refractivity contribution in [1.82, 2.24) is 9.95 Å². The first-order valence-corrected chi connectivity index (χ1v) is 7.33. The van der Waals surface area contributed by atoms with Crippen molar-refractivity contribution >= 4 is 17.7 Å². The fraction of sp³-hybridized carbons (Fsp3) is 0.235. The van der Waals surface area contributed by atoms with Crippen LogP contribution in [0, 0.1) is 0 Å². The van der Waals surface area contributed by atoms with Crippen LogP contribution in [0.2, 0.25) is 0 Å². The van der Waals surface area contributed by atoms with Gasteiger partial charge >= 0.3 is 0 Å². The summed E-state index contributed by atoms with van der Waals surface area (Å²) in [7, 11) is 0. The molecule has 0 aliphatic heterocycles. The molecule has 22 heavy (non-hydrogen) atoms. The van der Waals surface area contributed by atoms with Gasteiger partial charge in [-0.2, -0.15) is 0 Å². The van der Waals surface area contributed by atoms with Gasteiger partial charge in [0.05, 0.1) is 5.54 Å². The monoisotopic (exact) mass is 318 g/mol. The highest BCUT2D eigenvalue weighted by Gasteiger charge is 2.27. The van der Waals surface area contributed by atoms with Gasteiger partial charge in [0.25, 0.3) is 5.91 Å². The van der Waals surface area contributed by atoms with Gasteiger partial charge in [0, 0.05) is 5.56 Å². The quantitative estimate of drug-likeness (QED) is 0.672. The first-order chi connectivity index (χ1) is 10.4. The maximum absolute atomic E-state index is 12.4. The maximum atomic E-state index is 12.4. The highest BCUT2D eigenvalue weighted by Crippen LogP contribution is 2.22. The Balaban J connectivity index is 2.13. The fourth-order valence-electron chi connectivity index (χ4n) is 1.89. The Morgan fingerprint density at radius 3 is 2.05 bits per heavy atom. The lowest BCUT2D eigenvalue weighted by molar-refractivity contribution is 0.0516. The van der Waals surface area contributed by atoms with Crippen molar-refractivity contribution in [3.05, 3.63) is 60.2 Å². The van der Waals surface area contributed by atoms with E-state index >= 15 is 0 Å². The largest absolute Gasteiger partial charge is 0.457 e. The second-order valence-corrected chi connectivity index (χ2v) is 6.00. The molecule has 0 aliphatic carbocycles. The van der Waals surface area contributed by atoms with Crippen molar-refractivity contribution in [1.29, 1.82) is 0 Å². The van der Waals surface area contributed by atoms with Crippen LogP contribution < -0.4 is 9.68 Å². The molecule has 2 rings (SSSR count). The summed E-state index contributed by atoms with van der Waals surface area (Å²) >= 11 is 5.67. The summed E-state index contributed by atoms with van der Waals surface area (Å²) in [6.45, 7) is 5.69. The first kappa shape index (κ1) is 16.3. The van der Waals surface area contributed by atoms with Crippen molar-refractivity contribution in [3.8, 4) is 11.5 Å². The average Bonchev–Trinajstić information content (AvgIpc) is 2.48. The zero-order chi connectivity index (χ0) is 16.2. The molecular formula is C17H19ClN2O2. The van der Waals surface area contributed by atoms with Gasteiger partial charge in [0.1, 0.15) is 11.5 Å². The topological polar surface area (TPSA) is 41.6 Å². The van der Waals surface area contributed by atoms with Gasteiger partial charge in [0.2, 0.25) is 0 Å². The highest BCUT2D eigenvalue weighted by molar-refractivity contribution is 6.14. The molecule has 0 bridgehead atoms. The van der Waals surface area contributed by atoms with E-state index in [1.54, 1.807) is 24.3 Å². The van der Waals surface area contributed by atoms with Gasteiger partial charge in [-0.25, -0.2) is 0 Å². The molecule has 4 nitrogen and oxygen atoms in total. The molecule has 116 valence electrons. The minimum absolute atomic E-state index is 0.200. The van der Waals surface area contributed by atoms with E-state index in [-0.39, 0.29) is 5.91 Å². The number of ether oxygens (including phenoxy) is 1. The number of nitrogens with one attached hydrogen (secondary N) is 1. The lowest BCUT2D eigenvalue weighted by Gasteiger charge is -2.33. The average molecular weight is 319 g/mol. The minimum atomic E-state index is -0.432. The van der Waals surface area contributed by atoms with E-state index < -0.39 is 5.54 Å². The summed E-state index contributed by atoms with van der Waals surface area (Å²) in [4.78, 5) is 14.8. The Bertz CT molecular complexity index is 621. The normalized spacial score (nSPS) is 11.1. The predicted octanol–water partition coefficient (Wildman–Crippen LogP) is 4.38. The maximum Gasteiger partial charge on any atom is 0.269 e. The third-order valence-electron chi connectivity index (χ3n) is 3.04. The smallest absolute Gasteiger partial charge is 0.269 e. The van der Waals surface area contributed by atoms with E-state index in [1.807, 2.05) is 51.1 Å². The van der Waals surface area contributed by atoms with Crippen molar-refractivity contribution < 1.29 is 9.53 Å². The van der Waals surface area contributed by atoms with E-state index in [4.69, 9.17) is 16.5 Å². The number of hydrogen-bond acceptors (Lipinski definition) is 3. The third-order valence-corrected chi connectivity index (χ3v) is 3.21. The van der Waals surface area contributed by atoms with E-state index in [0.29, 0.717) is 11.3 Å². The summed E-state index contributed by atoms with van der Waals surface area (Å²) in [5.74, 6) is 1.22. The summed E-state index contributed by atoms with van der Waals surface area (Å²) < 4.78 is 5.70. The van der Waals surface area contributed by atoms with Crippen molar-refractivity contribution in [2.75, 3.05) is 0 Å². The minimum Gasteiger partial charge on any atom is -0.457 e.